The Morgan fingerprint density at radius 1 is 1.11 bits per heavy atom. The van der Waals surface area contributed by atoms with Crippen LogP contribution in [0.3, 0.4) is 0 Å². The van der Waals surface area contributed by atoms with Crippen molar-refractivity contribution in [3.05, 3.63) is 30.6 Å². The zero-order valence-corrected chi connectivity index (χ0v) is 26.3. The summed E-state index contributed by atoms with van der Waals surface area (Å²) in [6, 6.07) is 8.18. The lowest BCUT2D eigenvalue weighted by molar-refractivity contribution is -0.120. The lowest BCUT2D eigenvalue weighted by Gasteiger charge is -2.37. The van der Waals surface area contributed by atoms with Crippen LogP contribution in [0, 0.1) is 23.2 Å². The number of nitrogens with one attached hydrogen (secondary N) is 3. The van der Waals surface area contributed by atoms with Crippen molar-refractivity contribution in [3.8, 4) is 28.0 Å². The Morgan fingerprint density at radius 3 is 2.67 bits per heavy atom. The topological polar surface area (TPSA) is 175 Å². The van der Waals surface area contributed by atoms with Crippen LogP contribution >= 0.6 is 11.3 Å². The number of carbonyl (C=O) groups is 1. The van der Waals surface area contributed by atoms with E-state index in [9.17, 15) is 10.1 Å². The van der Waals surface area contributed by atoms with Gasteiger partial charge in [0.05, 0.1) is 34.7 Å². The Labute approximate surface area is 265 Å². The number of nitrogens with zero attached hydrogens (tertiary/aromatic N) is 8. The van der Waals surface area contributed by atoms with Gasteiger partial charge in [0.15, 0.2) is 5.01 Å². The van der Waals surface area contributed by atoms with E-state index in [0.29, 0.717) is 23.5 Å². The van der Waals surface area contributed by atoms with Gasteiger partial charge in [0.25, 0.3) is 0 Å². The number of hydrogen-bond donors (Lipinski definition) is 4. The monoisotopic (exact) mass is 626 g/mol. The molecule has 0 spiro atoms. The fraction of sp³-hybridized carbons (Fsp3) is 0.516. The van der Waals surface area contributed by atoms with Gasteiger partial charge in [-0.3, -0.25) is 9.78 Å². The summed E-state index contributed by atoms with van der Waals surface area (Å²) < 4.78 is 1.84. The molecule has 7 rings (SSSR count). The number of carbonyl (C=O) groups excluding carboxylic acids is 1. The smallest absolute Gasteiger partial charge is 0.241 e. The van der Waals surface area contributed by atoms with Crippen molar-refractivity contribution in [2.75, 3.05) is 28.6 Å². The Bertz CT molecular complexity index is 1730. The minimum Gasteiger partial charge on any atom is -0.369 e. The summed E-state index contributed by atoms with van der Waals surface area (Å²) in [5.41, 5.74) is 10.2. The summed E-state index contributed by atoms with van der Waals surface area (Å²) in [5.74, 6) is 1.38. The Balaban J connectivity index is 1.16. The fourth-order valence-corrected chi connectivity index (χ4v) is 8.01. The number of hydrogen-bond acceptors (Lipinski definition) is 12. The Morgan fingerprint density at radius 2 is 1.91 bits per heavy atom. The molecule has 6 atom stereocenters. The van der Waals surface area contributed by atoms with Crippen LogP contribution in [0.1, 0.15) is 52.4 Å². The summed E-state index contributed by atoms with van der Waals surface area (Å²) in [7, 11) is 0. The van der Waals surface area contributed by atoms with Gasteiger partial charge >= 0.3 is 0 Å². The van der Waals surface area contributed by atoms with Gasteiger partial charge in [-0.1, -0.05) is 24.2 Å². The van der Waals surface area contributed by atoms with E-state index in [1.165, 1.54) is 11.3 Å². The van der Waals surface area contributed by atoms with E-state index in [2.05, 4.69) is 42.1 Å². The highest BCUT2D eigenvalue weighted by atomic mass is 32.1. The third-order valence-electron chi connectivity index (χ3n) is 9.38. The fourth-order valence-electron chi connectivity index (χ4n) is 7.12. The summed E-state index contributed by atoms with van der Waals surface area (Å²) >= 11 is 1.52. The molecule has 0 aromatic carbocycles. The van der Waals surface area contributed by atoms with Crippen molar-refractivity contribution in [2.45, 2.75) is 76.5 Å². The van der Waals surface area contributed by atoms with Gasteiger partial charge in [-0.2, -0.15) is 5.26 Å². The highest BCUT2D eigenvalue weighted by Gasteiger charge is 2.43. The van der Waals surface area contributed by atoms with Crippen molar-refractivity contribution in [2.24, 2.45) is 17.6 Å². The van der Waals surface area contributed by atoms with Gasteiger partial charge in [0.1, 0.15) is 6.04 Å². The Hall–Kier alpha value is -4.35. The number of nitrogens with two attached hydrogens (primary N) is 1. The second-order valence-corrected chi connectivity index (χ2v) is 13.5. The zero-order valence-electron chi connectivity index (χ0n) is 25.5. The second kappa shape index (κ2) is 12.2. The SMILES string of the molecule is CC(=O)N[C@@H]1[C@@H]2CC[C@H]1CN(c1nnc(-c3cnc(-c4ccc5cnc(N[C@@H]6CCCC[C@@H]6N)nn45)cc3N[C@H](C)C#N)s1)C2. The highest BCUT2D eigenvalue weighted by molar-refractivity contribution is 7.18. The molecule has 5 N–H and O–H groups in total. The van der Waals surface area contributed by atoms with Gasteiger partial charge in [-0.05, 0) is 62.6 Å². The van der Waals surface area contributed by atoms with E-state index in [-0.39, 0.29) is 24.0 Å². The number of piperidine rings is 1. The maximum atomic E-state index is 11.7. The van der Waals surface area contributed by atoms with Crippen molar-refractivity contribution in [1.82, 2.24) is 35.1 Å². The molecule has 13 nitrogen and oxygen atoms in total. The van der Waals surface area contributed by atoms with E-state index in [1.54, 1.807) is 19.3 Å². The van der Waals surface area contributed by atoms with Crippen LogP contribution in [0.4, 0.5) is 16.8 Å². The average molecular weight is 627 g/mol. The molecule has 1 aliphatic heterocycles. The van der Waals surface area contributed by atoms with Crippen LogP contribution < -0.4 is 26.6 Å². The van der Waals surface area contributed by atoms with Crippen LogP contribution in [-0.4, -0.2) is 72.9 Å². The molecular weight excluding hydrogens is 588 g/mol. The maximum absolute atomic E-state index is 11.7. The minimum atomic E-state index is -0.434. The number of pyridine rings is 1. The van der Waals surface area contributed by atoms with E-state index in [4.69, 9.17) is 15.8 Å². The van der Waals surface area contributed by atoms with Gasteiger partial charge in [0.2, 0.25) is 17.0 Å². The number of aromatic nitrogens is 6. The third-order valence-corrected chi connectivity index (χ3v) is 10.4. The largest absolute Gasteiger partial charge is 0.369 e. The van der Waals surface area contributed by atoms with Crippen molar-refractivity contribution < 1.29 is 4.79 Å². The first kappa shape index (κ1) is 29.4. The molecule has 2 aliphatic carbocycles. The van der Waals surface area contributed by atoms with E-state index < -0.39 is 6.04 Å². The predicted molar refractivity (Wildman–Crippen MR) is 174 cm³/mol. The summed E-state index contributed by atoms with van der Waals surface area (Å²) in [5, 5.41) is 35.1. The first-order valence-electron chi connectivity index (χ1n) is 15.8. The van der Waals surface area contributed by atoms with Gasteiger partial charge in [0, 0.05) is 50.0 Å². The molecule has 3 fully saturated rings. The zero-order chi connectivity index (χ0) is 31.1. The normalized spacial score (nSPS) is 25.1. The molecule has 2 saturated carbocycles. The second-order valence-electron chi connectivity index (χ2n) is 12.6. The highest BCUT2D eigenvalue weighted by Crippen LogP contribution is 2.41. The lowest BCUT2D eigenvalue weighted by Crippen LogP contribution is -2.52. The number of nitriles is 1. The lowest BCUT2D eigenvalue weighted by atomic mass is 9.91. The molecule has 4 aromatic rings. The number of anilines is 3. The number of amides is 1. The third kappa shape index (κ3) is 5.89. The standard InChI is InChI=1S/C31H38N12OS/c1-17(12-32)36-25-11-26(27-10-9-21-13-35-30(41-43(21)27)38-24-6-4-3-5-23(24)33)34-14-22(25)29-39-40-31(45-29)42-15-19-7-8-20(16-42)28(19)37-18(2)44/h9-11,13-14,17,19-20,23-24,28H,3-8,15-16,33H2,1-2H3,(H,34,36)(H,37,44)(H,38,41)/t17-,19-,20+,23+,24-,28-/m1/s1. The molecule has 4 aromatic heterocycles. The summed E-state index contributed by atoms with van der Waals surface area (Å²) in [6.45, 7) is 5.10. The molecule has 45 heavy (non-hydrogen) atoms. The van der Waals surface area contributed by atoms with Crippen molar-refractivity contribution in [3.63, 3.8) is 0 Å². The van der Waals surface area contributed by atoms with Gasteiger partial charge < -0.3 is 26.6 Å². The molecule has 1 amide bonds. The average Bonchev–Trinajstić information content (AvgIpc) is 3.74. The van der Waals surface area contributed by atoms with E-state index in [1.807, 2.05) is 29.6 Å². The molecule has 0 radical (unpaired) electrons. The molecule has 3 aliphatic rings. The van der Waals surface area contributed by atoms with Crippen molar-refractivity contribution in [1.29, 1.82) is 5.26 Å². The number of rotatable bonds is 8. The first-order chi connectivity index (χ1) is 21.9. The number of fused-ring (bicyclic) bond motifs is 3. The van der Waals surface area contributed by atoms with Crippen LogP contribution in [-0.2, 0) is 4.79 Å². The molecule has 234 valence electrons. The predicted octanol–water partition coefficient (Wildman–Crippen LogP) is 3.67. The van der Waals surface area contributed by atoms with Crippen LogP contribution in [0.2, 0.25) is 0 Å². The molecule has 5 heterocycles. The summed E-state index contributed by atoms with van der Waals surface area (Å²) in [4.78, 5) is 23.4. The molecule has 1 saturated heterocycles. The summed E-state index contributed by atoms with van der Waals surface area (Å²) in [6.07, 6.45) is 10.1. The quantitative estimate of drug-likeness (QED) is 0.225. The van der Waals surface area contributed by atoms with E-state index >= 15 is 0 Å². The molecule has 14 heteroatoms. The van der Waals surface area contributed by atoms with Crippen LogP contribution in [0.15, 0.2) is 30.6 Å². The van der Waals surface area contributed by atoms with Gasteiger partial charge in [-0.25, -0.2) is 9.50 Å². The van der Waals surface area contributed by atoms with Crippen LogP contribution in [0.5, 0.6) is 0 Å². The molecule has 2 bridgehead atoms. The van der Waals surface area contributed by atoms with Gasteiger partial charge in [-0.15, -0.1) is 15.3 Å². The minimum absolute atomic E-state index is 0.0352. The van der Waals surface area contributed by atoms with E-state index in [0.717, 1.165) is 84.2 Å². The van der Waals surface area contributed by atoms with Crippen LogP contribution in [0.25, 0.3) is 27.5 Å². The first-order valence-corrected chi connectivity index (χ1v) is 16.6. The maximum Gasteiger partial charge on any atom is 0.241 e. The Kier molecular flexibility index (Phi) is 7.97. The van der Waals surface area contributed by atoms with Crippen molar-refractivity contribution >= 4 is 39.5 Å². The molecular formula is C31H38N12OS. The molecule has 0 unspecified atom stereocenters.